The Bertz CT molecular complexity index is 456. The highest BCUT2D eigenvalue weighted by Gasteiger charge is 2.35. The number of carbonyl (C=O) groups is 1. The first-order valence-electron chi connectivity index (χ1n) is 6.55. The number of rotatable bonds is 2. The van der Waals surface area contributed by atoms with Crippen molar-refractivity contribution in [3.63, 3.8) is 0 Å². The average Bonchev–Trinajstić information content (AvgIpc) is 2.35. The zero-order chi connectivity index (χ0) is 14.0. The molecule has 1 fully saturated rings. The molecule has 1 aliphatic heterocycles. The maximum Gasteiger partial charge on any atom is 0.227 e. The number of halogens is 2. The van der Waals surface area contributed by atoms with Crippen LogP contribution in [0.4, 0.5) is 0 Å². The number of alkyl halides is 1. The molecule has 104 valence electrons. The van der Waals surface area contributed by atoms with Gasteiger partial charge in [-0.1, -0.05) is 57.8 Å². The average molecular weight is 389 g/mol. The third-order valence-electron chi connectivity index (χ3n) is 3.72. The summed E-state index contributed by atoms with van der Waals surface area (Å²) in [5, 5.41) is 0. The van der Waals surface area contributed by atoms with E-state index in [0.29, 0.717) is 11.2 Å². The summed E-state index contributed by atoms with van der Waals surface area (Å²) in [6.45, 7) is 6.12. The topological polar surface area (TPSA) is 20.3 Å². The maximum atomic E-state index is 12.3. The van der Waals surface area contributed by atoms with E-state index in [1.54, 1.807) is 0 Å². The van der Waals surface area contributed by atoms with Gasteiger partial charge in [0.25, 0.3) is 0 Å². The number of carbonyl (C=O) groups excluding carboxylic acids is 1. The van der Waals surface area contributed by atoms with Crippen LogP contribution >= 0.6 is 31.9 Å². The molecule has 4 heteroatoms. The summed E-state index contributed by atoms with van der Waals surface area (Å²) in [4.78, 5) is 14.8. The Hall–Kier alpha value is -0.350. The highest BCUT2D eigenvalue weighted by Crippen LogP contribution is 2.34. The van der Waals surface area contributed by atoms with E-state index in [4.69, 9.17) is 0 Å². The summed E-state index contributed by atoms with van der Waals surface area (Å²) < 4.78 is 1.05. The summed E-state index contributed by atoms with van der Waals surface area (Å²) in [7, 11) is 0. The Morgan fingerprint density at radius 1 is 1.37 bits per heavy atom. The summed E-state index contributed by atoms with van der Waals surface area (Å²) in [6, 6.07) is 7.98. The Labute approximate surface area is 131 Å². The molecule has 1 amide bonds. The van der Waals surface area contributed by atoms with Gasteiger partial charge >= 0.3 is 0 Å². The fraction of sp³-hybridized carbons (Fsp3) is 0.533. The van der Waals surface area contributed by atoms with E-state index >= 15 is 0 Å². The zero-order valence-corrected chi connectivity index (χ0v) is 14.5. The van der Waals surface area contributed by atoms with E-state index in [0.717, 1.165) is 29.5 Å². The SMILES string of the molecule is CC1(C)CN(C(=O)Cc2ccc(Br)cc2)CCC1Br. The molecule has 0 aliphatic carbocycles. The van der Waals surface area contributed by atoms with Crippen LogP contribution in [-0.2, 0) is 11.2 Å². The standard InChI is InChI=1S/C15H19Br2NO/c1-15(2)10-18(8-7-13(15)17)14(19)9-11-3-5-12(16)6-4-11/h3-6,13H,7-10H2,1-2H3. The summed E-state index contributed by atoms with van der Waals surface area (Å²) in [5.41, 5.74) is 1.22. The number of hydrogen-bond donors (Lipinski definition) is 0. The van der Waals surface area contributed by atoms with Crippen molar-refractivity contribution in [3.05, 3.63) is 34.3 Å². The second-order valence-electron chi connectivity index (χ2n) is 5.86. The van der Waals surface area contributed by atoms with E-state index in [1.807, 2.05) is 29.2 Å². The lowest BCUT2D eigenvalue weighted by atomic mass is 9.84. The van der Waals surface area contributed by atoms with Gasteiger partial charge in [0, 0.05) is 22.4 Å². The quantitative estimate of drug-likeness (QED) is 0.700. The molecule has 1 unspecified atom stereocenters. The number of piperidine rings is 1. The minimum absolute atomic E-state index is 0.146. The fourth-order valence-corrected chi connectivity index (χ4v) is 3.05. The number of benzene rings is 1. The first-order chi connectivity index (χ1) is 8.88. The van der Waals surface area contributed by atoms with Crippen molar-refractivity contribution in [1.29, 1.82) is 0 Å². The Balaban J connectivity index is 1.99. The van der Waals surface area contributed by atoms with Crippen LogP contribution in [0, 0.1) is 5.41 Å². The highest BCUT2D eigenvalue weighted by molar-refractivity contribution is 9.10. The lowest BCUT2D eigenvalue weighted by Crippen LogP contribution is -2.49. The molecule has 2 nitrogen and oxygen atoms in total. The molecular weight excluding hydrogens is 370 g/mol. The van der Waals surface area contributed by atoms with Gasteiger partial charge in [-0.15, -0.1) is 0 Å². The van der Waals surface area contributed by atoms with Crippen LogP contribution in [0.25, 0.3) is 0 Å². The van der Waals surface area contributed by atoms with E-state index in [2.05, 4.69) is 45.7 Å². The normalized spacial score (nSPS) is 22.3. The van der Waals surface area contributed by atoms with Crippen LogP contribution in [0.1, 0.15) is 25.8 Å². The van der Waals surface area contributed by atoms with Crippen molar-refractivity contribution < 1.29 is 4.79 Å². The van der Waals surface area contributed by atoms with E-state index in [9.17, 15) is 4.79 Å². The van der Waals surface area contributed by atoms with Crippen LogP contribution in [-0.4, -0.2) is 28.7 Å². The van der Waals surface area contributed by atoms with Gasteiger partial charge in [0.2, 0.25) is 5.91 Å². The summed E-state index contributed by atoms with van der Waals surface area (Å²) >= 11 is 7.13. The number of nitrogens with zero attached hydrogens (tertiary/aromatic N) is 1. The molecule has 19 heavy (non-hydrogen) atoms. The first kappa shape index (κ1) is 15.0. The van der Waals surface area contributed by atoms with Crippen LogP contribution in [0.15, 0.2) is 28.7 Å². The van der Waals surface area contributed by atoms with Gasteiger partial charge in [0.15, 0.2) is 0 Å². The smallest absolute Gasteiger partial charge is 0.227 e. The molecule has 1 aliphatic rings. The molecule has 0 aromatic heterocycles. The molecular formula is C15H19Br2NO. The molecule has 1 aromatic carbocycles. The van der Waals surface area contributed by atoms with Gasteiger partial charge in [-0.3, -0.25) is 4.79 Å². The largest absolute Gasteiger partial charge is 0.342 e. The molecule has 1 heterocycles. The lowest BCUT2D eigenvalue weighted by molar-refractivity contribution is -0.133. The van der Waals surface area contributed by atoms with Gasteiger partial charge < -0.3 is 4.90 Å². The van der Waals surface area contributed by atoms with E-state index in [-0.39, 0.29) is 11.3 Å². The van der Waals surface area contributed by atoms with Crippen LogP contribution in [0.2, 0.25) is 0 Å². The predicted molar refractivity (Wildman–Crippen MR) is 85.5 cm³/mol. The van der Waals surface area contributed by atoms with Crippen molar-refractivity contribution >= 4 is 37.8 Å². The fourth-order valence-electron chi connectivity index (χ4n) is 2.43. The Morgan fingerprint density at radius 2 is 2.00 bits per heavy atom. The van der Waals surface area contributed by atoms with E-state index in [1.165, 1.54) is 0 Å². The van der Waals surface area contributed by atoms with Crippen molar-refractivity contribution in [1.82, 2.24) is 4.90 Å². The van der Waals surface area contributed by atoms with Crippen LogP contribution < -0.4 is 0 Å². The maximum absolute atomic E-state index is 12.3. The lowest BCUT2D eigenvalue weighted by Gasteiger charge is -2.42. The summed E-state index contributed by atoms with van der Waals surface area (Å²) in [5.74, 6) is 0.231. The van der Waals surface area contributed by atoms with Gasteiger partial charge in [-0.2, -0.15) is 0 Å². The van der Waals surface area contributed by atoms with Gasteiger partial charge in [0.1, 0.15) is 0 Å². The molecule has 1 aromatic rings. The third kappa shape index (κ3) is 3.82. The van der Waals surface area contributed by atoms with E-state index < -0.39 is 0 Å². The van der Waals surface area contributed by atoms with Gasteiger partial charge in [-0.25, -0.2) is 0 Å². The number of hydrogen-bond acceptors (Lipinski definition) is 1. The van der Waals surface area contributed by atoms with Crippen LogP contribution in [0.5, 0.6) is 0 Å². The highest BCUT2D eigenvalue weighted by atomic mass is 79.9. The molecule has 0 radical (unpaired) electrons. The molecule has 0 N–H and O–H groups in total. The summed E-state index contributed by atoms with van der Waals surface area (Å²) in [6.07, 6.45) is 1.52. The van der Waals surface area contributed by atoms with Crippen molar-refractivity contribution in [2.45, 2.75) is 31.5 Å². The number of amides is 1. The van der Waals surface area contributed by atoms with Gasteiger partial charge in [-0.05, 0) is 29.5 Å². The molecule has 0 spiro atoms. The van der Waals surface area contributed by atoms with Crippen molar-refractivity contribution in [2.75, 3.05) is 13.1 Å². The first-order valence-corrected chi connectivity index (χ1v) is 8.26. The Morgan fingerprint density at radius 3 is 2.58 bits per heavy atom. The minimum Gasteiger partial charge on any atom is -0.342 e. The monoisotopic (exact) mass is 387 g/mol. The predicted octanol–water partition coefficient (Wildman–Crippen LogP) is 4.01. The van der Waals surface area contributed by atoms with Crippen LogP contribution in [0.3, 0.4) is 0 Å². The Kier molecular flexibility index (Phi) is 4.72. The van der Waals surface area contributed by atoms with Gasteiger partial charge in [0.05, 0.1) is 6.42 Å². The van der Waals surface area contributed by atoms with Crippen molar-refractivity contribution in [2.24, 2.45) is 5.41 Å². The number of likely N-dealkylation sites (tertiary alicyclic amines) is 1. The third-order valence-corrected chi connectivity index (χ3v) is 5.95. The zero-order valence-electron chi connectivity index (χ0n) is 11.3. The molecule has 2 rings (SSSR count). The minimum atomic E-state index is 0.146. The molecule has 0 bridgehead atoms. The second kappa shape index (κ2) is 5.96. The molecule has 1 atom stereocenters. The van der Waals surface area contributed by atoms with Crippen molar-refractivity contribution in [3.8, 4) is 0 Å². The second-order valence-corrected chi connectivity index (χ2v) is 7.88. The molecule has 1 saturated heterocycles. The molecule has 0 saturated carbocycles.